The zero-order valence-corrected chi connectivity index (χ0v) is 21.7. The number of rotatable bonds is 2. The van der Waals surface area contributed by atoms with E-state index in [2.05, 4.69) is 48.1 Å². The van der Waals surface area contributed by atoms with E-state index in [1.807, 2.05) is 0 Å². The first-order valence-electron chi connectivity index (χ1n) is 13.7. The topological polar surface area (TPSA) is 37.3 Å². The van der Waals surface area contributed by atoms with Crippen LogP contribution in [0.3, 0.4) is 0 Å². The van der Waals surface area contributed by atoms with Gasteiger partial charge >= 0.3 is 0 Å². The van der Waals surface area contributed by atoms with Gasteiger partial charge in [0.15, 0.2) is 0 Å². The molecular weight excluding hydrogens is 392 g/mol. The Hall–Kier alpha value is -0.630. The van der Waals surface area contributed by atoms with Crippen LogP contribution in [0, 0.1) is 56.7 Å². The van der Waals surface area contributed by atoms with Crippen LogP contribution in [-0.4, -0.2) is 17.5 Å². The van der Waals surface area contributed by atoms with E-state index in [0.717, 1.165) is 30.3 Å². The van der Waals surface area contributed by atoms with Crippen molar-refractivity contribution >= 4 is 5.78 Å². The maximum Gasteiger partial charge on any atom is 0.138 e. The van der Waals surface area contributed by atoms with Crippen molar-refractivity contribution in [2.24, 2.45) is 56.7 Å². The Morgan fingerprint density at radius 1 is 0.875 bits per heavy atom. The van der Waals surface area contributed by atoms with Crippen LogP contribution in [0.15, 0.2) is 12.2 Å². The monoisotopic (exact) mass is 440 g/mol. The average Bonchev–Trinajstić information content (AvgIpc) is 3.09. The zero-order chi connectivity index (χ0) is 23.3. The highest BCUT2D eigenvalue weighted by molar-refractivity contribution is 5.85. The molecule has 0 spiro atoms. The van der Waals surface area contributed by atoms with Crippen LogP contribution < -0.4 is 0 Å². The third-order valence-electron chi connectivity index (χ3n) is 13.3. The number of Topliss-reactive ketones (excluding diaryl/α,β-unsaturated/α-hetero) is 1. The Balaban J connectivity index is 1.54. The normalized spacial score (nSPS) is 54.2. The van der Waals surface area contributed by atoms with Crippen molar-refractivity contribution in [3.8, 4) is 0 Å². The van der Waals surface area contributed by atoms with Crippen LogP contribution in [0.5, 0.6) is 0 Å². The fraction of sp³-hybridized carbons (Fsp3) is 0.900. The van der Waals surface area contributed by atoms with Crippen molar-refractivity contribution in [3.63, 3.8) is 0 Å². The van der Waals surface area contributed by atoms with E-state index in [1.54, 1.807) is 0 Å². The van der Waals surface area contributed by atoms with Crippen LogP contribution in [-0.2, 0) is 4.79 Å². The van der Waals surface area contributed by atoms with Crippen LogP contribution in [0.2, 0.25) is 0 Å². The van der Waals surface area contributed by atoms with E-state index in [0.29, 0.717) is 45.2 Å². The maximum absolute atomic E-state index is 12.9. The summed E-state index contributed by atoms with van der Waals surface area (Å²) in [5.41, 5.74) is 2.37. The van der Waals surface area contributed by atoms with E-state index in [1.165, 1.54) is 51.4 Å². The third-order valence-corrected chi connectivity index (χ3v) is 13.3. The second-order valence-corrected chi connectivity index (χ2v) is 14.5. The molecule has 1 N–H and O–H groups in total. The fourth-order valence-electron chi connectivity index (χ4n) is 11.3. The average molecular weight is 441 g/mol. The van der Waals surface area contributed by atoms with E-state index in [9.17, 15) is 9.90 Å². The quantitative estimate of drug-likeness (QED) is 0.461. The highest BCUT2D eigenvalue weighted by atomic mass is 16.3. The van der Waals surface area contributed by atoms with Crippen molar-refractivity contribution < 1.29 is 9.90 Å². The highest BCUT2D eigenvalue weighted by Gasteiger charge is 2.70. The van der Waals surface area contributed by atoms with Crippen LogP contribution in [0.1, 0.15) is 106 Å². The molecule has 180 valence electrons. The molecule has 2 nitrogen and oxygen atoms in total. The van der Waals surface area contributed by atoms with Gasteiger partial charge in [-0.15, -0.1) is 0 Å². The van der Waals surface area contributed by atoms with Gasteiger partial charge in [0.2, 0.25) is 0 Å². The molecule has 0 aromatic rings. The van der Waals surface area contributed by atoms with Gasteiger partial charge in [-0.1, -0.05) is 48.1 Å². The number of ketones is 1. The molecule has 9 atom stereocenters. The second kappa shape index (κ2) is 6.96. The van der Waals surface area contributed by atoms with Crippen molar-refractivity contribution in [3.05, 3.63) is 12.2 Å². The summed E-state index contributed by atoms with van der Waals surface area (Å²) in [5, 5.41) is 9.97. The van der Waals surface area contributed by atoms with Gasteiger partial charge in [0, 0.05) is 11.8 Å². The number of aliphatic hydroxyl groups excluding tert-OH is 1. The van der Waals surface area contributed by atoms with Gasteiger partial charge in [-0.2, -0.15) is 0 Å². The number of carbonyl (C=O) groups is 1. The molecule has 0 heterocycles. The Morgan fingerprint density at radius 2 is 1.59 bits per heavy atom. The number of hydrogen-bond donors (Lipinski definition) is 1. The summed E-state index contributed by atoms with van der Waals surface area (Å²) in [6, 6.07) is 0. The van der Waals surface area contributed by atoms with Gasteiger partial charge in [-0.3, -0.25) is 4.79 Å². The first-order chi connectivity index (χ1) is 14.8. The summed E-state index contributed by atoms with van der Waals surface area (Å²) < 4.78 is 0. The number of aliphatic hydroxyl groups is 1. The van der Waals surface area contributed by atoms with Crippen molar-refractivity contribution in [1.82, 2.24) is 0 Å². The molecule has 5 fully saturated rings. The van der Waals surface area contributed by atoms with Crippen LogP contribution in [0.4, 0.5) is 0 Å². The smallest absolute Gasteiger partial charge is 0.138 e. The Bertz CT molecular complexity index is 827. The minimum atomic E-state index is -0.160. The Labute approximate surface area is 197 Å². The first-order valence-corrected chi connectivity index (χ1v) is 13.7. The molecule has 5 unspecified atom stereocenters. The van der Waals surface area contributed by atoms with Gasteiger partial charge in [-0.05, 0) is 115 Å². The molecule has 0 aromatic carbocycles. The van der Waals surface area contributed by atoms with Crippen molar-refractivity contribution in [2.75, 3.05) is 6.61 Å². The van der Waals surface area contributed by atoms with Gasteiger partial charge < -0.3 is 5.11 Å². The molecular formula is C30H48O2. The van der Waals surface area contributed by atoms with Gasteiger partial charge in [0.1, 0.15) is 5.78 Å². The zero-order valence-electron chi connectivity index (χ0n) is 21.7. The molecule has 5 aliphatic carbocycles. The number of fused-ring (bicyclic) bond motifs is 7. The first kappa shape index (κ1) is 23.1. The SMILES string of the molecule is C=C(CO)C1CC[C@]2(C)CC[C@]3(C)C(CCC4[C@@]5(C)CCC(=O)C(C)(C)C5CC[C@]43C)C12. The molecule has 0 bridgehead atoms. The van der Waals surface area contributed by atoms with E-state index < -0.39 is 0 Å². The van der Waals surface area contributed by atoms with E-state index in [4.69, 9.17) is 0 Å². The van der Waals surface area contributed by atoms with Crippen molar-refractivity contribution in [2.45, 2.75) is 106 Å². The van der Waals surface area contributed by atoms with Gasteiger partial charge in [0.25, 0.3) is 0 Å². The standard InChI is InChI=1S/C30H48O2/c1-19(18-31)20-10-13-27(4)16-17-29(6)21(25(20)27)8-9-23-28(5)14-12-24(32)26(2,3)22(28)11-15-30(23,29)7/h20-23,25,31H,1,8-18H2,2-7H3/t20?,21?,22?,23?,25?,27-,28+,29-,30-/m1/s1. The predicted molar refractivity (Wildman–Crippen MR) is 131 cm³/mol. The molecule has 5 saturated carbocycles. The number of hydrogen-bond acceptors (Lipinski definition) is 2. The lowest BCUT2D eigenvalue weighted by atomic mass is 9.32. The number of carbonyl (C=O) groups excluding carboxylic acids is 1. The maximum atomic E-state index is 12.9. The summed E-state index contributed by atoms with van der Waals surface area (Å²) >= 11 is 0. The van der Waals surface area contributed by atoms with Gasteiger partial charge in [-0.25, -0.2) is 0 Å². The molecule has 0 amide bonds. The summed E-state index contributed by atoms with van der Waals surface area (Å²) in [6.07, 6.45) is 12.3. The molecule has 5 rings (SSSR count). The molecule has 0 radical (unpaired) electrons. The minimum absolute atomic E-state index is 0.156. The van der Waals surface area contributed by atoms with E-state index in [-0.39, 0.29) is 12.0 Å². The summed E-state index contributed by atoms with van der Waals surface area (Å²) in [4.78, 5) is 12.9. The minimum Gasteiger partial charge on any atom is -0.392 e. The fourth-order valence-corrected chi connectivity index (χ4v) is 11.3. The molecule has 0 aromatic heterocycles. The summed E-state index contributed by atoms with van der Waals surface area (Å²) in [7, 11) is 0. The molecule has 5 aliphatic rings. The lowest BCUT2D eigenvalue weighted by molar-refractivity contribution is -0.232. The Morgan fingerprint density at radius 3 is 2.28 bits per heavy atom. The predicted octanol–water partition coefficient (Wildman–Crippen LogP) is 7.21. The molecule has 0 saturated heterocycles. The van der Waals surface area contributed by atoms with Gasteiger partial charge in [0.05, 0.1) is 6.61 Å². The summed E-state index contributed by atoms with van der Waals surface area (Å²) in [6.45, 7) is 19.5. The third kappa shape index (κ3) is 2.65. The molecule has 2 heteroatoms. The van der Waals surface area contributed by atoms with E-state index >= 15 is 0 Å². The molecule has 32 heavy (non-hydrogen) atoms. The van der Waals surface area contributed by atoms with Crippen molar-refractivity contribution in [1.29, 1.82) is 0 Å². The van der Waals surface area contributed by atoms with Crippen LogP contribution >= 0.6 is 0 Å². The lowest BCUT2D eigenvalue weighted by Crippen LogP contribution is -2.66. The highest BCUT2D eigenvalue weighted by Crippen LogP contribution is 2.77. The largest absolute Gasteiger partial charge is 0.392 e. The molecule has 0 aliphatic heterocycles. The van der Waals surface area contributed by atoms with Crippen LogP contribution in [0.25, 0.3) is 0 Å². The summed E-state index contributed by atoms with van der Waals surface area (Å²) in [5.74, 6) is 3.72. The second-order valence-electron chi connectivity index (χ2n) is 14.5. The Kier molecular flexibility index (Phi) is 5.03. The lowest BCUT2D eigenvalue weighted by Gasteiger charge is -2.72.